The average Bonchev–Trinajstić information content (AvgIpc) is 3.21. The molecule has 1 aliphatic rings. The Morgan fingerprint density at radius 3 is 2.00 bits per heavy atom. The molecule has 0 saturated heterocycles. The van der Waals surface area contributed by atoms with Crippen molar-refractivity contribution in [2.45, 2.75) is 12.8 Å². The van der Waals surface area contributed by atoms with Crippen LogP contribution in [0.5, 0.6) is 0 Å². The fraction of sp³-hybridized carbons (Fsp3) is 0.0667. The summed E-state index contributed by atoms with van der Waals surface area (Å²) in [5, 5.41) is 13.7. The van der Waals surface area contributed by atoms with Gasteiger partial charge in [-0.1, -0.05) is 91.0 Å². The SMILES string of the molecule is Cc1c2c(c3ccccc3c1-c1ccccc1)-c1ccccc1C2c1ccc([N+](=O)[O-])cc1. The summed E-state index contributed by atoms with van der Waals surface area (Å²) in [4.78, 5) is 10.9. The maximum atomic E-state index is 11.2. The summed E-state index contributed by atoms with van der Waals surface area (Å²) in [5.74, 6) is 0.0315. The highest BCUT2D eigenvalue weighted by Gasteiger charge is 2.34. The van der Waals surface area contributed by atoms with Gasteiger partial charge in [0.05, 0.1) is 4.92 Å². The molecule has 158 valence electrons. The maximum Gasteiger partial charge on any atom is 0.269 e. The van der Waals surface area contributed by atoms with E-state index in [2.05, 4.69) is 79.7 Å². The molecule has 0 aliphatic heterocycles. The van der Waals surface area contributed by atoms with Crippen molar-refractivity contribution in [3.8, 4) is 22.3 Å². The zero-order chi connectivity index (χ0) is 22.5. The molecule has 6 rings (SSSR count). The third-order valence-electron chi connectivity index (χ3n) is 6.84. The van der Waals surface area contributed by atoms with Crippen LogP contribution in [0.25, 0.3) is 33.0 Å². The minimum absolute atomic E-state index is 0.0315. The molecule has 0 saturated carbocycles. The van der Waals surface area contributed by atoms with E-state index >= 15 is 0 Å². The molecule has 3 nitrogen and oxygen atoms in total. The van der Waals surface area contributed by atoms with Crippen molar-refractivity contribution in [1.82, 2.24) is 0 Å². The number of hydrogen-bond acceptors (Lipinski definition) is 2. The number of benzene rings is 5. The number of non-ortho nitro benzene ring substituents is 1. The van der Waals surface area contributed by atoms with Crippen LogP contribution in [0.1, 0.15) is 28.2 Å². The molecular weight excluding hydrogens is 406 g/mol. The lowest BCUT2D eigenvalue weighted by molar-refractivity contribution is -0.384. The van der Waals surface area contributed by atoms with E-state index in [1.807, 2.05) is 18.2 Å². The highest BCUT2D eigenvalue weighted by molar-refractivity contribution is 6.10. The van der Waals surface area contributed by atoms with Crippen LogP contribution in [0, 0.1) is 17.0 Å². The molecule has 0 aromatic heterocycles. The van der Waals surface area contributed by atoms with E-state index in [-0.39, 0.29) is 16.5 Å². The van der Waals surface area contributed by atoms with Gasteiger partial charge < -0.3 is 0 Å². The number of nitrogens with zero attached hydrogens (tertiary/aromatic N) is 1. The molecule has 0 spiro atoms. The molecule has 0 bridgehead atoms. The second-order valence-corrected chi connectivity index (χ2v) is 8.57. The van der Waals surface area contributed by atoms with Crippen LogP contribution in [-0.4, -0.2) is 4.92 Å². The Morgan fingerprint density at radius 1 is 0.697 bits per heavy atom. The molecular formula is C30H21NO2. The van der Waals surface area contributed by atoms with Gasteiger partial charge in [0.15, 0.2) is 0 Å². The summed E-state index contributed by atoms with van der Waals surface area (Å²) in [7, 11) is 0. The lowest BCUT2D eigenvalue weighted by Crippen LogP contribution is -2.03. The van der Waals surface area contributed by atoms with Crippen molar-refractivity contribution in [1.29, 1.82) is 0 Å². The van der Waals surface area contributed by atoms with Crippen LogP contribution in [0.2, 0.25) is 0 Å². The fourth-order valence-corrected chi connectivity index (χ4v) is 5.48. The first-order valence-electron chi connectivity index (χ1n) is 11.1. The number of rotatable bonds is 3. The summed E-state index contributed by atoms with van der Waals surface area (Å²) >= 11 is 0. The summed E-state index contributed by atoms with van der Waals surface area (Å²) in [6.07, 6.45) is 0. The molecule has 0 amide bonds. The monoisotopic (exact) mass is 427 g/mol. The van der Waals surface area contributed by atoms with E-state index < -0.39 is 0 Å². The van der Waals surface area contributed by atoms with Gasteiger partial charge in [-0.15, -0.1) is 0 Å². The van der Waals surface area contributed by atoms with E-state index in [1.165, 1.54) is 49.7 Å². The van der Waals surface area contributed by atoms with Gasteiger partial charge in [-0.05, 0) is 62.2 Å². The van der Waals surface area contributed by atoms with Crippen molar-refractivity contribution in [3.05, 3.63) is 135 Å². The Balaban J connectivity index is 1.72. The second-order valence-electron chi connectivity index (χ2n) is 8.57. The molecule has 1 unspecified atom stereocenters. The summed E-state index contributed by atoms with van der Waals surface area (Å²) in [5.41, 5.74) is 9.97. The van der Waals surface area contributed by atoms with Crippen LogP contribution in [-0.2, 0) is 0 Å². The van der Waals surface area contributed by atoms with Gasteiger partial charge in [0, 0.05) is 18.1 Å². The number of hydrogen-bond donors (Lipinski definition) is 0. The quantitative estimate of drug-likeness (QED) is 0.213. The molecule has 1 aliphatic carbocycles. The molecule has 33 heavy (non-hydrogen) atoms. The van der Waals surface area contributed by atoms with Crippen LogP contribution >= 0.6 is 0 Å². The number of nitro groups is 1. The molecule has 5 aromatic rings. The Hall–Kier alpha value is -4.24. The van der Waals surface area contributed by atoms with Crippen molar-refractivity contribution >= 4 is 16.5 Å². The Morgan fingerprint density at radius 2 is 1.30 bits per heavy atom. The lowest BCUT2D eigenvalue weighted by atomic mass is 9.82. The van der Waals surface area contributed by atoms with E-state index in [0.29, 0.717) is 0 Å². The molecule has 5 aromatic carbocycles. The molecule has 3 heteroatoms. The Bertz CT molecular complexity index is 1540. The largest absolute Gasteiger partial charge is 0.269 e. The van der Waals surface area contributed by atoms with E-state index in [9.17, 15) is 10.1 Å². The van der Waals surface area contributed by atoms with E-state index in [4.69, 9.17) is 0 Å². The van der Waals surface area contributed by atoms with Crippen molar-refractivity contribution < 1.29 is 4.92 Å². The molecule has 0 fully saturated rings. The first-order valence-corrected chi connectivity index (χ1v) is 11.1. The van der Waals surface area contributed by atoms with Crippen LogP contribution < -0.4 is 0 Å². The third-order valence-corrected chi connectivity index (χ3v) is 6.84. The molecule has 0 radical (unpaired) electrons. The summed E-state index contributed by atoms with van der Waals surface area (Å²) in [6, 6.07) is 34.8. The van der Waals surface area contributed by atoms with Crippen molar-refractivity contribution in [2.24, 2.45) is 0 Å². The highest BCUT2D eigenvalue weighted by atomic mass is 16.6. The second kappa shape index (κ2) is 7.42. The zero-order valence-corrected chi connectivity index (χ0v) is 18.2. The van der Waals surface area contributed by atoms with Gasteiger partial charge >= 0.3 is 0 Å². The predicted octanol–water partition coefficient (Wildman–Crippen LogP) is 7.88. The molecule has 0 N–H and O–H groups in total. The van der Waals surface area contributed by atoms with Gasteiger partial charge in [-0.2, -0.15) is 0 Å². The predicted molar refractivity (Wildman–Crippen MR) is 134 cm³/mol. The minimum Gasteiger partial charge on any atom is -0.258 e. The zero-order valence-electron chi connectivity index (χ0n) is 18.2. The third kappa shape index (κ3) is 2.90. The van der Waals surface area contributed by atoms with Crippen LogP contribution in [0.4, 0.5) is 5.69 Å². The fourth-order valence-electron chi connectivity index (χ4n) is 5.48. The number of fused-ring (bicyclic) bond motifs is 5. The van der Waals surface area contributed by atoms with Gasteiger partial charge in [0.25, 0.3) is 5.69 Å². The first-order chi connectivity index (χ1) is 16.1. The van der Waals surface area contributed by atoms with Crippen molar-refractivity contribution in [3.63, 3.8) is 0 Å². The lowest BCUT2D eigenvalue weighted by Gasteiger charge is -2.21. The maximum absolute atomic E-state index is 11.2. The summed E-state index contributed by atoms with van der Waals surface area (Å²) < 4.78 is 0. The Kier molecular flexibility index (Phi) is 4.37. The number of nitro benzene ring substituents is 1. The highest BCUT2D eigenvalue weighted by Crippen LogP contribution is 2.54. The van der Waals surface area contributed by atoms with Gasteiger partial charge in [0.1, 0.15) is 0 Å². The average molecular weight is 428 g/mol. The van der Waals surface area contributed by atoms with E-state index in [1.54, 1.807) is 12.1 Å². The van der Waals surface area contributed by atoms with Crippen molar-refractivity contribution in [2.75, 3.05) is 0 Å². The standard InChI is InChI=1S/C30H21NO2/c1-19-27(20-9-3-2-4-10-20)23-11-5-7-13-25(23)30-26-14-8-6-12-24(26)29(28(19)30)21-15-17-22(18-16-21)31(32)33/h2-18,29H,1H3. The van der Waals surface area contributed by atoms with Crippen LogP contribution in [0.15, 0.2) is 103 Å². The normalized spacial score (nSPS) is 14.2. The smallest absolute Gasteiger partial charge is 0.258 e. The van der Waals surface area contributed by atoms with Gasteiger partial charge in [-0.25, -0.2) is 0 Å². The molecule has 1 atom stereocenters. The van der Waals surface area contributed by atoms with Gasteiger partial charge in [-0.3, -0.25) is 10.1 Å². The van der Waals surface area contributed by atoms with Gasteiger partial charge in [0.2, 0.25) is 0 Å². The first kappa shape index (κ1) is 19.4. The van der Waals surface area contributed by atoms with Crippen LogP contribution in [0.3, 0.4) is 0 Å². The molecule has 0 heterocycles. The topological polar surface area (TPSA) is 43.1 Å². The van der Waals surface area contributed by atoms with E-state index in [0.717, 1.165) is 5.56 Å². The Labute approximate surface area is 192 Å². The summed E-state index contributed by atoms with van der Waals surface area (Å²) in [6.45, 7) is 2.22. The minimum atomic E-state index is -0.341.